The second-order valence-corrected chi connectivity index (χ2v) is 8.28. The molecule has 3 rings (SSSR count). The summed E-state index contributed by atoms with van der Waals surface area (Å²) >= 11 is 6.20. The van der Waals surface area contributed by atoms with Gasteiger partial charge in [-0.15, -0.1) is 0 Å². The number of anilines is 1. The predicted octanol–water partition coefficient (Wildman–Crippen LogP) is 2.11. The van der Waals surface area contributed by atoms with Crippen molar-refractivity contribution >= 4 is 33.2 Å². The van der Waals surface area contributed by atoms with E-state index >= 15 is 0 Å². The minimum absolute atomic E-state index is 0.209. The first kappa shape index (κ1) is 19.6. The summed E-state index contributed by atoms with van der Waals surface area (Å²) < 4.78 is 39.8. The van der Waals surface area contributed by atoms with Crippen LogP contribution in [-0.2, 0) is 14.8 Å². The summed E-state index contributed by atoms with van der Waals surface area (Å²) in [5, 5.41) is 0.653. The van der Waals surface area contributed by atoms with Crippen LogP contribution in [0.15, 0.2) is 53.4 Å². The van der Waals surface area contributed by atoms with Gasteiger partial charge in [-0.25, -0.2) is 17.5 Å². The van der Waals surface area contributed by atoms with Gasteiger partial charge in [0, 0.05) is 26.2 Å². The zero-order valence-corrected chi connectivity index (χ0v) is 16.0. The Labute approximate surface area is 162 Å². The van der Waals surface area contributed by atoms with E-state index in [1.54, 1.807) is 4.90 Å². The molecule has 0 radical (unpaired) electrons. The van der Waals surface area contributed by atoms with Crippen molar-refractivity contribution in [3.63, 3.8) is 0 Å². The maximum absolute atomic E-state index is 13.2. The highest BCUT2D eigenvalue weighted by Crippen LogP contribution is 2.26. The Bertz CT molecular complexity index is 931. The van der Waals surface area contributed by atoms with Crippen LogP contribution in [0, 0.1) is 5.82 Å². The van der Waals surface area contributed by atoms with Crippen molar-refractivity contribution in [2.75, 3.05) is 37.6 Å². The molecule has 1 heterocycles. The van der Waals surface area contributed by atoms with Gasteiger partial charge in [0.25, 0.3) is 0 Å². The van der Waals surface area contributed by atoms with Gasteiger partial charge < -0.3 is 9.80 Å². The van der Waals surface area contributed by atoms with Crippen molar-refractivity contribution < 1.29 is 17.6 Å². The number of rotatable bonds is 5. The van der Waals surface area contributed by atoms with Gasteiger partial charge in [0.05, 0.1) is 22.2 Å². The van der Waals surface area contributed by atoms with Crippen LogP contribution >= 0.6 is 11.6 Å². The molecule has 0 saturated carbocycles. The van der Waals surface area contributed by atoms with Gasteiger partial charge >= 0.3 is 0 Å². The van der Waals surface area contributed by atoms with Crippen molar-refractivity contribution in [2.45, 2.75) is 4.90 Å². The van der Waals surface area contributed by atoms with E-state index in [4.69, 9.17) is 11.6 Å². The number of nitrogens with zero attached hydrogens (tertiary/aromatic N) is 2. The third-order valence-corrected chi connectivity index (χ3v) is 6.06. The molecule has 27 heavy (non-hydrogen) atoms. The lowest BCUT2D eigenvalue weighted by atomic mass is 10.2. The van der Waals surface area contributed by atoms with Crippen LogP contribution in [0.1, 0.15) is 0 Å². The van der Waals surface area contributed by atoms with Gasteiger partial charge in [-0.1, -0.05) is 29.8 Å². The quantitative estimate of drug-likeness (QED) is 0.818. The molecule has 1 fully saturated rings. The molecule has 2 aromatic carbocycles. The number of para-hydroxylation sites is 1. The van der Waals surface area contributed by atoms with Crippen LogP contribution in [0.25, 0.3) is 0 Å². The molecule has 0 spiro atoms. The summed E-state index contributed by atoms with van der Waals surface area (Å²) in [6.45, 7) is 1.76. The fourth-order valence-corrected chi connectivity index (χ4v) is 4.15. The smallest absolute Gasteiger partial charge is 0.241 e. The van der Waals surface area contributed by atoms with Gasteiger partial charge in [-0.2, -0.15) is 0 Å². The SMILES string of the molecule is O=C(CNS(=O)(=O)c1cccc(F)c1)N1CCN(c2ccccc2Cl)CC1. The zero-order valence-electron chi connectivity index (χ0n) is 14.4. The van der Waals surface area contributed by atoms with Gasteiger partial charge in [-0.3, -0.25) is 4.79 Å². The molecule has 2 aromatic rings. The second kappa shape index (κ2) is 8.24. The first-order chi connectivity index (χ1) is 12.9. The first-order valence-electron chi connectivity index (χ1n) is 8.39. The molecule has 1 N–H and O–H groups in total. The molecular weight excluding hydrogens is 393 g/mol. The third kappa shape index (κ3) is 4.77. The number of sulfonamides is 1. The maximum atomic E-state index is 13.2. The molecule has 144 valence electrons. The molecule has 0 atom stereocenters. The monoisotopic (exact) mass is 411 g/mol. The summed E-state index contributed by atoms with van der Waals surface area (Å²) in [6.07, 6.45) is 0. The molecule has 1 saturated heterocycles. The van der Waals surface area contributed by atoms with Gasteiger partial charge in [0.2, 0.25) is 15.9 Å². The molecular formula is C18H19ClFN3O3S. The van der Waals surface area contributed by atoms with Crippen LogP contribution in [0.3, 0.4) is 0 Å². The second-order valence-electron chi connectivity index (χ2n) is 6.10. The lowest BCUT2D eigenvalue weighted by Crippen LogP contribution is -2.51. The minimum atomic E-state index is -3.94. The van der Waals surface area contributed by atoms with Crippen LogP contribution in [0.4, 0.5) is 10.1 Å². The van der Waals surface area contributed by atoms with Gasteiger partial charge in [-0.05, 0) is 30.3 Å². The topological polar surface area (TPSA) is 69.7 Å². The lowest BCUT2D eigenvalue weighted by Gasteiger charge is -2.36. The molecule has 9 heteroatoms. The van der Waals surface area contributed by atoms with E-state index in [2.05, 4.69) is 9.62 Å². The van der Waals surface area contributed by atoms with E-state index in [-0.39, 0.29) is 17.3 Å². The number of nitrogens with one attached hydrogen (secondary N) is 1. The third-order valence-electron chi connectivity index (χ3n) is 4.35. The summed E-state index contributed by atoms with van der Waals surface area (Å²) in [5.74, 6) is -0.978. The Morgan fingerprint density at radius 2 is 1.78 bits per heavy atom. The number of hydrogen-bond donors (Lipinski definition) is 1. The Balaban J connectivity index is 1.55. The van der Waals surface area contributed by atoms with Gasteiger partial charge in [0.1, 0.15) is 5.82 Å². The molecule has 1 amide bonds. The number of benzene rings is 2. The molecule has 0 aliphatic carbocycles. The average Bonchev–Trinajstić information content (AvgIpc) is 2.67. The molecule has 1 aliphatic rings. The number of amides is 1. The molecule has 0 unspecified atom stereocenters. The summed E-state index contributed by atoms with van der Waals surface area (Å²) in [7, 11) is -3.94. The van der Waals surface area contributed by atoms with E-state index in [1.165, 1.54) is 12.1 Å². The normalized spacial score (nSPS) is 15.0. The zero-order chi connectivity index (χ0) is 19.4. The first-order valence-corrected chi connectivity index (χ1v) is 10.3. The Kier molecular flexibility index (Phi) is 5.98. The maximum Gasteiger partial charge on any atom is 0.241 e. The highest BCUT2D eigenvalue weighted by atomic mass is 35.5. The van der Waals surface area contributed by atoms with Crippen LogP contribution in [-0.4, -0.2) is 51.9 Å². The number of hydrogen-bond acceptors (Lipinski definition) is 4. The van der Waals surface area contributed by atoms with E-state index in [1.807, 2.05) is 24.3 Å². The molecule has 0 aromatic heterocycles. The summed E-state index contributed by atoms with van der Waals surface area (Å²) in [5.41, 5.74) is 0.915. The average molecular weight is 412 g/mol. The Morgan fingerprint density at radius 1 is 1.07 bits per heavy atom. The van der Waals surface area contributed by atoms with Crippen LogP contribution in [0.5, 0.6) is 0 Å². The number of piperazine rings is 1. The van der Waals surface area contributed by atoms with Crippen molar-refractivity contribution in [3.8, 4) is 0 Å². The minimum Gasteiger partial charge on any atom is -0.367 e. The fraction of sp³-hybridized carbons (Fsp3) is 0.278. The van der Waals surface area contributed by atoms with Crippen molar-refractivity contribution in [1.82, 2.24) is 9.62 Å². The predicted molar refractivity (Wildman–Crippen MR) is 102 cm³/mol. The standard InChI is InChI=1S/C18H19ClFN3O3S/c19-16-6-1-2-7-17(16)22-8-10-23(11-9-22)18(24)13-21-27(25,26)15-5-3-4-14(20)12-15/h1-7,12,21H,8-11,13H2. The van der Waals surface area contributed by atoms with Gasteiger partial charge in [0.15, 0.2) is 0 Å². The number of carbonyl (C=O) groups excluding carboxylic acids is 1. The highest BCUT2D eigenvalue weighted by molar-refractivity contribution is 7.89. The number of halogens is 2. The van der Waals surface area contributed by atoms with Crippen LogP contribution < -0.4 is 9.62 Å². The van der Waals surface area contributed by atoms with E-state index in [0.717, 1.165) is 17.8 Å². The van der Waals surface area contributed by atoms with E-state index in [9.17, 15) is 17.6 Å². The van der Waals surface area contributed by atoms with Crippen molar-refractivity contribution in [3.05, 3.63) is 59.4 Å². The lowest BCUT2D eigenvalue weighted by molar-refractivity contribution is -0.130. The van der Waals surface area contributed by atoms with E-state index in [0.29, 0.717) is 31.2 Å². The summed E-state index contributed by atoms with van der Waals surface area (Å²) in [4.78, 5) is 15.8. The molecule has 1 aliphatic heterocycles. The van der Waals surface area contributed by atoms with Crippen LogP contribution in [0.2, 0.25) is 5.02 Å². The Morgan fingerprint density at radius 3 is 2.44 bits per heavy atom. The number of carbonyl (C=O) groups is 1. The van der Waals surface area contributed by atoms with E-state index < -0.39 is 15.8 Å². The summed E-state index contributed by atoms with van der Waals surface area (Å²) in [6, 6.07) is 12.1. The van der Waals surface area contributed by atoms with Crippen molar-refractivity contribution in [2.24, 2.45) is 0 Å². The fourth-order valence-electron chi connectivity index (χ4n) is 2.89. The Hall–Kier alpha value is -2.16. The molecule has 0 bridgehead atoms. The highest BCUT2D eigenvalue weighted by Gasteiger charge is 2.24. The molecule has 6 nitrogen and oxygen atoms in total. The van der Waals surface area contributed by atoms with Crippen molar-refractivity contribution in [1.29, 1.82) is 0 Å². The largest absolute Gasteiger partial charge is 0.367 e.